The van der Waals surface area contributed by atoms with Crippen molar-refractivity contribution in [2.45, 2.75) is 71.6 Å². The number of aryl methyl sites for hydroxylation is 1. The summed E-state index contributed by atoms with van der Waals surface area (Å²) in [6, 6.07) is 3.65. The topological polar surface area (TPSA) is 75.4 Å². The number of carbonyl (C=O) groups is 1. The van der Waals surface area contributed by atoms with E-state index in [4.69, 9.17) is 5.73 Å². The molecule has 0 saturated heterocycles. The number of carbonyl (C=O) groups excluding carboxylic acids is 1. The highest BCUT2D eigenvalue weighted by atomic mass is 16.3. The molecule has 0 aliphatic carbocycles. The van der Waals surface area contributed by atoms with Crippen molar-refractivity contribution in [3.8, 4) is 5.75 Å². The number of unbranched alkanes of at least 4 members (excludes halogenated alkanes) is 5. The molecule has 0 aliphatic heterocycles. The van der Waals surface area contributed by atoms with Crippen molar-refractivity contribution in [1.82, 2.24) is 0 Å². The van der Waals surface area contributed by atoms with Crippen LogP contribution in [0.3, 0.4) is 0 Å². The minimum absolute atomic E-state index is 0.0720. The molecule has 1 amide bonds. The van der Waals surface area contributed by atoms with Crippen LogP contribution < -0.4 is 11.1 Å². The Morgan fingerprint density at radius 1 is 1.09 bits per heavy atom. The fraction of sp³-hybridized carbons (Fsp3) is 0.611. The number of hydrogen-bond donors (Lipinski definition) is 3. The number of phenols is 1. The smallest absolute Gasteiger partial charge is 0.224 e. The average molecular weight is 306 g/mol. The van der Waals surface area contributed by atoms with Gasteiger partial charge in [-0.2, -0.15) is 0 Å². The van der Waals surface area contributed by atoms with Crippen molar-refractivity contribution in [3.63, 3.8) is 0 Å². The van der Waals surface area contributed by atoms with Gasteiger partial charge in [-0.25, -0.2) is 0 Å². The van der Waals surface area contributed by atoms with Gasteiger partial charge < -0.3 is 16.2 Å². The van der Waals surface area contributed by atoms with Crippen LogP contribution in [0.5, 0.6) is 5.75 Å². The number of nitrogens with two attached hydrogens (primary N) is 1. The molecule has 0 unspecified atom stereocenters. The lowest BCUT2D eigenvalue weighted by Crippen LogP contribution is -2.12. The van der Waals surface area contributed by atoms with Gasteiger partial charge in [0, 0.05) is 6.42 Å². The summed E-state index contributed by atoms with van der Waals surface area (Å²) in [6.45, 7) is 4.16. The summed E-state index contributed by atoms with van der Waals surface area (Å²) in [5, 5.41) is 12.9. The molecule has 4 nitrogen and oxygen atoms in total. The number of nitrogens with one attached hydrogen (secondary N) is 1. The molecule has 0 aliphatic rings. The molecule has 1 aromatic carbocycles. The van der Waals surface area contributed by atoms with Gasteiger partial charge in [0.2, 0.25) is 5.91 Å². The van der Waals surface area contributed by atoms with E-state index in [1.807, 2.05) is 13.0 Å². The zero-order chi connectivity index (χ0) is 16.4. The lowest BCUT2D eigenvalue weighted by atomic mass is 10.0. The van der Waals surface area contributed by atoms with Gasteiger partial charge in [0.25, 0.3) is 0 Å². The molecule has 0 spiro atoms. The van der Waals surface area contributed by atoms with Crippen LogP contribution in [-0.4, -0.2) is 11.0 Å². The number of hydrogen-bond acceptors (Lipinski definition) is 3. The van der Waals surface area contributed by atoms with Crippen molar-refractivity contribution < 1.29 is 9.90 Å². The van der Waals surface area contributed by atoms with Gasteiger partial charge in [-0.05, 0) is 30.9 Å². The predicted molar refractivity (Wildman–Crippen MR) is 93.1 cm³/mol. The highest BCUT2D eigenvalue weighted by Crippen LogP contribution is 2.33. The van der Waals surface area contributed by atoms with Crippen LogP contribution in [0.15, 0.2) is 12.1 Å². The Morgan fingerprint density at radius 2 is 1.77 bits per heavy atom. The van der Waals surface area contributed by atoms with E-state index >= 15 is 0 Å². The lowest BCUT2D eigenvalue weighted by Gasteiger charge is -2.12. The van der Waals surface area contributed by atoms with Gasteiger partial charge in [0.05, 0.1) is 11.4 Å². The number of amides is 1. The van der Waals surface area contributed by atoms with Crippen molar-refractivity contribution in [2.75, 3.05) is 11.1 Å². The fourth-order valence-corrected chi connectivity index (χ4v) is 2.50. The second-order valence-corrected chi connectivity index (χ2v) is 5.85. The summed E-state index contributed by atoms with van der Waals surface area (Å²) in [7, 11) is 0. The fourth-order valence-electron chi connectivity index (χ4n) is 2.50. The molecule has 124 valence electrons. The summed E-state index contributed by atoms with van der Waals surface area (Å²) in [6.07, 6.45) is 9.38. The first kappa shape index (κ1) is 18.3. The van der Waals surface area contributed by atoms with E-state index in [1.165, 1.54) is 32.1 Å². The predicted octanol–water partition coefficient (Wildman–Crippen LogP) is 4.62. The Labute approximate surface area is 134 Å². The molecule has 0 heterocycles. The molecule has 1 aromatic rings. The molecule has 0 saturated carbocycles. The zero-order valence-corrected chi connectivity index (χ0v) is 14.0. The summed E-state index contributed by atoms with van der Waals surface area (Å²) < 4.78 is 0. The van der Waals surface area contributed by atoms with E-state index in [0.717, 1.165) is 24.8 Å². The first-order chi connectivity index (χ1) is 10.6. The molecule has 22 heavy (non-hydrogen) atoms. The Balaban J connectivity index is 2.53. The summed E-state index contributed by atoms with van der Waals surface area (Å²) >= 11 is 0. The third kappa shape index (κ3) is 5.96. The largest absolute Gasteiger partial charge is 0.505 e. The molecule has 0 atom stereocenters. The number of benzene rings is 1. The minimum atomic E-state index is -0.0720. The van der Waals surface area contributed by atoms with Gasteiger partial charge in [-0.1, -0.05) is 52.0 Å². The van der Waals surface area contributed by atoms with Crippen molar-refractivity contribution in [3.05, 3.63) is 17.7 Å². The van der Waals surface area contributed by atoms with E-state index in [-0.39, 0.29) is 17.3 Å². The van der Waals surface area contributed by atoms with Crippen molar-refractivity contribution >= 4 is 17.3 Å². The van der Waals surface area contributed by atoms with Crippen LogP contribution in [-0.2, 0) is 11.2 Å². The molecule has 1 rings (SSSR count). The van der Waals surface area contributed by atoms with Crippen LogP contribution in [0, 0.1) is 0 Å². The normalized spacial score (nSPS) is 10.6. The molecule has 0 fully saturated rings. The summed E-state index contributed by atoms with van der Waals surface area (Å²) in [4.78, 5) is 11.6. The molecule has 0 radical (unpaired) electrons. The number of nitrogen functional groups attached to an aromatic ring is 1. The molecular weight excluding hydrogens is 276 g/mol. The van der Waals surface area contributed by atoms with E-state index < -0.39 is 0 Å². The second kappa shape index (κ2) is 10.1. The number of anilines is 2. The zero-order valence-electron chi connectivity index (χ0n) is 14.0. The van der Waals surface area contributed by atoms with Gasteiger partial charge >= 0.3 is 0 Å². The van der Waals surface area contributed by atoms with Crippen molar-refractivity contribution in [2.24, 2.45) is 0 Å². The SMILES string of the molecule is CCCCCCCCc1ccc(NC(=O)CCC)c(N)c1O. The first-order valence-electron chi connectivity index (χ1n) is 8.50. The number of rotatable bonds is 10. The van der Waals surface area contributed by atoms with E-state index in [2.05, 4.69) is 12.2 Å². The van der Waals surface area contributed by atoms with Crippen LogP contribution in [0.4, 0.5) is 11.4 Å². The molecule has 0 aromatic heterocycles. The molecule has 4 N–H and O–H groups in total. The highest BCUT2D eigenvalue weighted by Gasteiger charge is 2.11. The van der Waals surface area contributed by atoms with Crippen LogP contribution in [0.2, 0.25) is 0 Å². The highest BCUT2D eigenvalue weighted by molar-refractivity contribution is 5.95. The van der Waals surface area contributed by atoms with Crippen LogP contribution in [0.1, 0.15) is 70.8 Å². The number of aromatic hydroxyl groups is 1. The van der Waals surface area contributed by atoms with Gasteiger partial charge in [-0.15, -0.1) is 0 Å². The average Bonchev–Trinajstić information content (AvgIpc) is 2.50. The standard InChI is InChI=1S/C18H30N2O2/c1-3-5-6-7-8-9-11-14-12-13-15(17(19)18(14)22)20-16(21)10-4-2/h12-13,22H,3-11,19H2,1-2H3,(H,20,21). The van der Waals surface area contributed by atoms with Gasteiger partial charge in [-0.3, -0.25) is 4.79 Å². The Hall–Kier alpha value is -1.71. The van der Waals surface area contributed by atoms with Crippen LogP contribution in [0.25, 0.3) is 0 Å². The third-order valence-corrected chi connectivity index (χ3v) is 3.85. The Kier molecular flexibility index (Phi) is 8.41. The first-order valence-corrected chi connectivity index (χ1v) is 8.50. The summed E-state index contributed by atoms with van der Waals surface area (Å²) in [5.74, 6) is 0.0418. The quantitative estimate of drug-likeness (QED) is 0.335. The lowest BCUT2D eigenvalue weighted by molar-refractivity contribution is -0.116. The van der Waals surface area contributed by atoms with Gasteiger partial charge in [0.15, 0.2) is 0 Å². The van der Waals surface area contributed by atoms with Crippen LogP contribution >= 0.6 is 0 Å². The molecule has 4 heteroatoms. The van der Waals surface area contributed by atoms with E-state index in [0.29, 0.717) is 12.1 Å². The Morgan fingerprint density at radius 3 is 2.45 bits per heavy atom. The Bertz CT molecular complexity index is 472. The molecular formula is C18H30N2O2. The molecule has 0 bridgehead atoms. The minimum Gasteiger partial charge on any atom is -0.505 e. The van der Waals surface area contributed by atoms with E-state index in [9.17, 15) is 9.90 Å². The monoisotopic (exact) mass is 306 g/mol. The summed E-state index contributed by atoms with van der Waals surface area (Å²) in [5.41, 5.74) is 7.57. The third-order valence-electron chi connectivity index (χ3n) is 3.85. The maximum absolute atomic E-state index is 11.6. The van der Waals surface area contributed by atoms with E-state index in [1.54, 1.807) is 6.07 Å². The van der Waals surface area contributed by atoms with Gasteiger partial charge in [0.1, 0.15) is 5.75 Å². The maximum Gasteiger partial charge on any atom is 0.224 e. The maximum atomic E-state index is 11.6. The second-order valence-electron chi connectivity index (χ2n) is 5.85. The number of phenolic OH excluding ortho intramolecular Hbond substituents is 1. The van der Waals surface area contributed by atoms with Crippen molar-refractivity contribution in [1.29, 1.82) is 0 Å².